The second kappa shape index (κ2) is 3.45. The summed E-state index contributed by atoms with van der Waals surface area (Å²) in [4.78, 5) is 0. The SMILES string of the molecule is C[Si]c1c(F)c(F)c(F)c(F)c1F. The van der Waals surface area contributed by atoms with Crippen molar-refractivity contribution in [3.05, 3.63) is 29.1 Å². The van der Waals surface area contributed by atoms with E-state index < -0.39 is 43.8 Å². The first-order valence-electron chi connectivity index (χ1n) is 3.19. The van der Waals surface area contributed by atoms with Gasteiger partial charge < -0.3 is 0 Å². The summed E-state index contributed by atoms with van der Waals surface area (Å²) in [5, 5.41) is -0.753. The summed E-state index contributed by atoms with van der Waals surface area (Å²) in [6.07, 6.45) is 0. The van der Waals surface area contributed by atoms with Gasteiger partial charge in [-0.05, 0) is 0 Å². The van der Waals surface area contributed by atoms with Crippen LogP contribution < -0.4 is 5.19 Å². The highest BCUT2D eigenvalue weighted by Crippen LogP contribution is 2.15. The Hall–Kier alpha value is -0.913. The smallest absolute Gasteiger partial charge is 0.200 e. The molecular weight excluding hydrogens is 207 g/mol. The van der Waals surface area contributed by atoms with Crippen molar-refractivity contribution in [2.75, 3.05) is 0 Å². The fraction of sp³-hybridized carbons (Fsp3) is 0.143. The zero-order chi connectivity index (χ0) is 10.2. The van der Waals surface area contributed by atoms with Gasteiger partial charge in [0.2, 0.25) is 5.82 Å². The van der Waals surface area contributed by atoms with Crippen LogP contribution >= 0.6 is 0 Å². The van der Waals surface area contributed by atoms with E-state index in [9.17, 15) is 22.0 Å². The average molecular weight is 210 g/mol. The van der Waals surface area contributed by atoms with Crippen molar-refractivity contribution in [3.8, 4) is 0 Å². The molecule has 0 amide bonds. The fourth-order valence-corrected chi connectivity index (χ4v) is 1.48. The van der Waals surface area contributed by atoms with Crippen LogP contribution in [0.2, 0.25) is 6.55 Å². The first kappa shape index (κ1) is 10.2. The highest BCUT2D eigenvalue weighted by atomic mass is 28.2. The van der Waals surface area contributed by atoms with E-state index in [1.807, 2.05) is 0 Å². The Kier molecular flexibility index (Phi) is 2.70. The second-order valence-corrected chi connectivity index (χ2v) is 3.19. The lowest BCUT2D eigenvalue weighted by Gasteiger charge is -2.04. The number of rotatable bonds is 1. The van der Waals surface area contributed by atoms with Crippen LogP contribution in [0.15, 0.2) is 0 Å². The molecule has 0 bridgehead atoms. The van der Waals surface area contributed by atoms with Crippen LogP contribution in [0, 0.1) is 29.1 Å². The highest BCUT2D eigenvalue weighted by molar-refractivity contribution is 6.52. The zero-order valence-corrected chi connectivity index (χ0v) is 7.39. The van der Waals surface area contributed by atoms with Crippen LogP contribution in [0.3, 0.4) is 0 Å². The summed E-state index contributed by atoms with van der Waals surface area (Å²) in [5.74, 6) is -9.36. The normalized spacial score (nSPS) is 10.6. The molecule has 0 heterocycles. The molecule has 0 fully saturated rings. The molecule has 0 aliphatic rings. The van der Waals surface area contributed by atoms with Gasteiger partial charge in [-0.3, -0.25) is 0 Å². The minimum Gasteiger partial charge on any atom is -0.204 e. The molecule has 0 atom stereocenters. The van der Waals surface area contributed by atoms with E-state index in [0.29, 0.717) is 0 Å². The lowest BCUT2D eigenvalue weighted by Crippen LogP contribution is -2.25. The van der Waals surface area contributed by atoms with Gasteiger partial charge in [-0.25, -0.2) is 22.0 Å². The first-order valence-corrected chi connectivity index (χ1v) is 4.69. The van der Waals surface area contributed by atoms with Crippen LogP contribution in [-0.2, 0) is 0 Å². The van der Waals surface area contributed by atoms with Crippen LogP contribution in [0.1, 0.15) is 0 Å². The van der Waals surface area contributed by atoms with E-state index in [1.165, 1.54) is 6.55 Å². The van der Waals surface area contributed by atoms with Crippen molar-refractivity contribution >= 4 is 14.7 Å². The predicted molar refractivity (Wildman–Crippen MR) is 37.5 cm³/mol. The molecule has 6 heteroatoms. The van der Waals surface area contributed by atoms with Crippen molar-refractivity contribution in [1.82, 2.24) is 0 Å². The first-order chi connectivity index (χ1) is 6.00. The Bertz CT molecular complexity index is 320. The molecule has 0 saturated heterocycles. The van der Waals surface area contributed by atoms with E-state index in [1.54, 1.807) is 0 Å². The van der Waals surface area contributed by atoms with Gasteiger partial charge in [0, 0.05) is 5.19 Å². The summed E-state index contributed by atoms with van der Waals surface area (Å²) in [6, 6.07) is 0. The molecule has 0 N–H and O–H groups in total. The zero-order valence-electron chi connectivity index (χ0n) is 6.39. The van der Waals surface area contributed by atoms with Crippen LogP contribution in [0.4, 0.5) is 22.0 Å². The van der Waals surface area contributed by atoms with Gasteiger partial charge in [-0.1, -0.05) is 6.55 Å². The van der Waals surface area contributed by atoms with E-state index in [2.05, 4.69) is 0 Å². The van der Waals surface area contributed by atoms with Crippen molar-refractivity contribution in [3.63, 3.8) is 0 Å². The molecular formula is C7H3F5Si. The summed E-state index contributed by atoms with van der Waals surface area (Å²) < 4.78 is 62.7. The molecule has 2 radical (unpaired) electrons. The molecule has 0 saturated carbocycles. The summed E-state index contributed by atoms with van der Waals surface area (Å²) in [7, 11) is -0.480. The maximum absolute atomic E-state index is 12.7. The Labute approximate surface area is 73.2 Å². The minimum atomic E-state index is -2.11. The Morgan fingerprint density at radius 2 is 1.00 bits per heavy atom. The molecule has 0 nitrogen and oxygen atoms in total. The van der Waals surface area contributed by atoms with Crippen molar-refractivity contribution in [2.24, 2.45) is 0 Å². The Morgan fingerprint density at radius 3 is 1.31 bits per heavy atom. The van der Waals surface area contributed by atoms with E-state index in [-0.39, 0.29) is 0 Å². The maximum Gasteiger partial charge on any atom is 0.200 e. The monoisotopic (exact) mass is 210 g/mol. The van der Waals surface area contributed by atoms with Gasteiger partial charge in [0.25, 0.3) is 0 Å². The van der Waals surface area contributed by atoms with Gasteiger partial charge in [0.05, 0.1) is 9.52 Å². The van der Waals surface area contributed by atoms with Crippen LogP contribution in [0.5, 0.6) is 0 Å². The minimum absolute atomic E-state index is 0.480. The molecule has 1 rings (SSSR count). The standard InChI is InChI=1S/C7H3F5Si/c1-13-7-5(11)3(9)2(8)4(10)6(7)12/h1H3. The van der Waals surface area contributed by atoms with Gasteiger partial charge in [0.15, 0.2) is 23.3 Å². The van der Waals surface area contributed by atoms with Crippen molar-refractivity contribution in [1.29, 1.82) is 0 Å². The Morgan fingerprint density at radius 1 is 0.692 bits per heavy atom. The largest absolute Gasteiger partial charge is 0.204 e. The van der Waals surface area contributed by atoms with E-state index >= 15 is 0 Å². The van der Waals surface area contributed by atoms with E-state index in [0.717, 1.165) is 0 Å². The van der Waals surface area contributed by atoms with Gasteiger partial charge in [-0.2, -0.15) is 0 Å². The van der Waals surface area contributed by atoms with Gasteiger partial charge in [0.1, 0.15) is 0 Å². The molecule has 1 aromatic carbocycles. The fourth-order valence-electron chi connectivity index (χ4n) is 0.824. The number of hydrogen-bond acceptors (Lipinski definition) is 0. The maximum atomic E-state index is 12.7. The third kappa shape index (κ3) is 1.45. The van der Waals surface area contributed by atoms with Gasteiger partial charge in [-0.15, -0.1) is 0 Å². The number of hydrogen-bond donors (Lipinski definition) is 0. The molecule has 0 aromatic heterocycles. The average Bonchev–Trinajstić information content (AvgIpc) is 2.13. The topological polar surface area (TPSA) is 0 Å². The van der Waals surface area contributed by atoms with Crippen LogP contribution in [0.25, 0.3) is 0 Å². The predicted octanol–water partition coefficient (Wildman–Crippen LogP) is 1.76. The summed E-state index contributed by atoms with van der Waals surface area (Å²) in [5.41, 5.74) is 0. The lowest BCUT2D eigenvalue weighted by atomic mass is 10.3. The highest BCUT2D eigenvalue weighted by Gasteiger charge is 2.24. The van der Waals surface area contributed by atoms with Crippen molar-refractivity contribution in [2.45, 2.75) is 6.55 Å². The summed E-state index contributed by atoms with van der Waals surface area (Å²) >= 11 is 0. The molecule has 0 spiro atoms. The number of halogens is 5. The molecule has 0 aliphatic carbocycles. The quantitative estimate of drug-likeness (QED) is 0.287. The second-order valence-electron chi connectivity index (χ2n) is 2.19. The van der Waals surface area contributed by atoms with Crippen molar-refractivity contribution < 1.29 is 22.0 Å². The third-order valence-corrected chi connectivity index (χ3v) is 2.40. The Balaban J connectivity index is 3.56. The number of benzene rings is 1. The molecule has 1 aromatic rings. The van der Waals surface area contributed by atoms with Crippen LogP contribution in [-0.4, -0.2) is 9.52 Å². The molecule has 0 unspecified atom stereocenters. The van der Waals surface area contributed by atoms with E-state index in [4.69, 9.17) is 0 Å². The third-order valence-electron chi connectivity index (χ3n) is 1.46. The molecule has 70 valence electrons. The summed E-state index contributed by atoms with van der Waals surface area (Å²) in [6.45, 7) is 1.33. The van der Waals surface area contributed by atoms with Gasteiger partial charge >= 0.3 is 0 Å². The molecule has 0 aliphatic heterocycles. The lowest BCUT2D eigenvalue weighted by molar-refractivity contribution is 0.384. The molecule has 13 heavy (non-hydrogen) atoms.